The Morgan fingerprint density at radius 1 is 1.32 bits per heavy atom. The Bertz CT molecular complexity index is 553. The van der Waals surface area contributed by atoms with Gasteiger partial charge < -0.3 is 10.1 Å². The Balaban J connectivity index is 2.39. The minimum Gasteiger partial charge on any atom is -0.497 e. The number of aryl methyl sites for hydroxylation is 1. The summed E-state index contributed by atoms with van der Waals surface area (Å²) >= 11 is 1.69. The van der Waals surface area contributed by atoms with Gasteiger partial charge in [0.25, 0.3) is 0 Å². The molecule has 1 aromatic carbocycles. The molecule has 1 aromatic heterocycles. The van der Waals surface area contributed by atoms with Crippen LogP contribution in [0.4, 0.5) is 4.39 Å². The van der Waals surface area contributed by atoms with E-state index in [1.165, 1.54) is 10.9 Å². The average molecular weight is 279 g/mol. The molecule has 1 heterocycles. The number of benzene rings is 1. The van der Waals surface area contributed by atoms with Crippen LogP contribution in [0.1, 0.15) is 28.3 Å². The van der Waals surface area contributed by atoms with Crippen molar-refractivity contribution in [1.29, 1.82) is 0 Å². The fourth-order valence-electron chi connectivity index (χ4n) is 2.05. The summed E-state index contributed by atoms with van der Waals surface area (Å²) in [5.74, 6) is 0.301. The zero-order valence-corrected chi connectivity index (χ0v) is 12.2. The normalized spacial score (nSPS) is 12.4. The number of nitrogens with one attached hydrogen (secondary N) is 1. The van der Waals surface area contributed by atoms with E-state index in [-0.39, 0.29) is 11.9 Å². The number of halogens is 1. The molecule has 0 radical (unpaired) electrons. The number of methoxy groups -OCH3 is 1. The van der Waals surface area contributed by atoms with E-state index in [1.54, 1.807) is 30.6 Å². The highest BCUT2D eigenvalue weighted by Crippen LogP contribution is 2.31. The van der Waals surface area contributed by atoms with Crippen LogP contribution in [0.25, 0.3) is 0 Å². The van der Waals surface area contributed by atoms with Gasteiger partial charge in [0.05, 0.1) is 13.2 Å². The minimum absolute atomic E-state index is 0.102. The van der Waals surface area contributed by atoms with Gasteiger partial charge in [-0.3, -0.25) is 0 Å². The molecular weight excluding hydrogens is 261 g/mol. The minimum atomic E-state index is -0.239. The summed E-state index contributed by atoms with van der Waals surface area (Å²) in [6.07, 6.45) is 0. The Morgan fingerprint density at radius 3 is 2.63 bits per heavy atom. The van der Waals surface area contributed by atoms with Gasteiger partial charge in [-0.25, -0.2) is 4.39 Å². The summed E-state index contributed by atoms with van der Waals surface area (Å²) in [5.41, 5.74) is 0.657. The molecule has 1 N–H and O–H groups in total. The average Bonchev–Trinajstić information content (AvgIpc) is 2.83. The van der Waals surface area contributed by atoms with Crippen LogP contribution in [0.5, 0.6) is 5.75 Å². The quantitative estimate of drug-likeness (QED) is 0.896. The van der Waals surface area contributed by atoms with Gasteiger partial charge in [-0.15, -0.1) is 11.3 Å². The lowest BCUT2D eigenvalue weighted by Crippen LogP contribution is -2.22. The molecule has 4 heteroatoms. The first-order chi connectivity index (χ1) is 9.15. The Kier molecular flexibility index (Phi) is 4.56. The molecule has 0 bridgehead atoms. The van der Waals surface area contributed by atoms with Gasteiger partial charge in [0.1, 0.15) is 11.6 Å². The van der Waals surface area contributed by atoms with Crippen molar-refractivity contribution in [2.24, 2.45) is 0 Å². The van der Waals surface area contributed by atoms with Crippen LogP contribution in [0, 0.1) is 12.7 Å². The van der Waals surface area contributed by atoms with E-state index in [4.69, 9.17) is 4.74 Å². The van der Waals surface area contributed by atoms with Crippen molar-refractivity contribution in [3.63, 3.8) is 0 Å². The molecule has 2 aromatic rings. The maximum atomic E-state index is 14.2. The topological polar surface area (TPSA) is 21.3 Å². The van der Waals surface area contributed by atoms with Crippen LogP contribution >= 0.6 is 11.3 Å². The van der Waals surface area contributed by atoms with Crippen molar-refractivity contribution in [1.82, 2.24) is 5.32 Å². The van der Waals surface area contributed by atoms with E-state index >= 15 is 0 Å². The molecule has 0 amide bonds. The van der Waals surface area contributed by atoms with E-state index in [2.05, 4.69) is 24.4 Å². The predicted molar refractivity (Wildman–Crippen MR) is 77.5 cm³/mol. The molecule has 102 valence electrons. The molecule has 0 aliphatic heterocycles. The number of rotatable bonds is 5. The lowest BCUT2D eigenvalue weighted by atomic mass is 10.0. The third kappa shape index (κ3) is 3.14. The van der Waals surface area contributed by atoms with Crippen LogP contribution in [0.15, 0.2) is 30.3 Å². The van der Waals surface area contributed by atoms with Crippen LogP contribution < -0.4 is 10.1 Å². The summed E-state index contributed by atoms with van der Waals surface area (Å²) in [6, 6.07) is 9.03. The molecule has 0 aliphatic carbocycles. The monoisotopic (exact) mass is 279 g/mol. The van der Waals surface area contributed by atoms with Crippen LogP contribution in [-0.2, 0) is 0 Å². The molecule has 19 heavy (non-hydrogen) atoms. The molecule has 0 fully saturated rings. The van der Waals surface area contributed by atoms with Crippen molar-refractivity contribution >= 4 is 11.3 Å². The molecule has 0 aliphatic rings. The van der Waals surface area contributed by atoms with Gasteiger partial charge in [-0.1, -0.05) is 13.0 Å². The Labute approximate surface area is 117 Å². The summed E-state index contributed by atoms with van der Waals surface area (Å²) in [4.78, 5) is 2.36. The molecule has 0 saturated carbocycles. The number of thiophene rings is 1. The first-order valence-corrected chi connectivity index (χ1v) is 7.10. The third-order valence-electron chi connectivity index (χ3n) is 2.97. The molecule has 1 unspecified atom stereocenters. The van der Waals surface area contributed by atoms with Crippen molar-refractivity contribution < 1.29 is 9.13 Å². The van der Waals surface area contributed by atoms with Gasteiger partial charge in [0.15, 0.2) is 0 Å². The van der Waals surface area contributed by atoms with E-state index in [1.807, 2.05) is 6.92 Å². The largest absolute Gasteiger partial charge is 0.497 e. The summed E-state index contributed by atoms with van der Waals surface area (Å²) in [7, 11) is 1.54. The molecule has 1 atom stereocenters. The maximum absolute atomic E-state index is 14.2. The zero-order valence-electron chi connectivity index (χ0n) is 11.4. The second-order valence-electron chi connectivity index (χ2n) is 4.33. The van der Waals surface area contributed by atoms with Gasteiger partial charge >= 0.3 is 0 Å². The highest BCUT2D eigenvalue weighted by atomic mass is 32.1. The first kappa shape index (κ1) is 14.0. The third-order valence-corrected chi connectivity index (χ3v) is 4.04. The summed E-state index contributed by atoms with van der Waals surface area (Å²) < 4.78 is 19.2. The van der Waals surface area contributed by atoms with E-state index in [0.29, 0.717) is 11.3 Å². The second kappa shape index (κ2) is 6.17. The standard InChI is InChI=1S/C15H18FNOS/c1-4-17-15(14-8-5-10(2)19-14)12-7-6-11(18-3)9-13(12)16/h5-9,15,17H,4H2,1-3H3. The lowest BCUT2D eigenvalue weighted by molar-refractivity contribution is 0.410. The Hall–Kier alpha value is -1.39. The van der Waals surface area contributed by atoms with Gasteiger partial charge in [-0.2, -0.15) is 0 Å². The second-order valence-corrected chi connectivity index (χ2v) is 5.65. The van der Waals surface area contributed by atoms with Crippen LogP contribution in [0.3, 0.4) is 0 Å². The molecule has 0 spiro atoms. The lowest BCUT2D eigenvalue weighted by Gasteiger charge is -2.18. The van der Waals surface area contributed by atoms with Crippen molar-refractivity contribution in [2.75, 3.05) is 13.7 Å². The smallest absolute Gasteiger partial charge is 0.132 e. The van der Waals surface area contributed by atoms with E-state index in [9.17, 15) is 4.39 Å². The fraction of sp³-hybridized carbons (Fsp3) is 0.333. The molecule has 0 saturated heterocycles. The van der Waals surface area contributed by atoms with Crippen molar-refractivity contribution in [2.45, 2.75) is 19.9 Å². The first-order valence-electron chi connectivity index (χ1n) is 6.29. The molecular formula is C15H18FNOS. The molecule has 2 nitrogen and oxygen atoms in total. The van der Waals surface area contributed by atoms with Gasteiger partial charge in [0.2, 0.25) is 0 Å². The fourth-order valence-corrected chi connectivity index (χ4v) is 3.02. The number of hydrogen-bond acceptors (Lipinski definition) is 3. The molecule has 2 rings (SSSR count). The SMILES string of the molecule is CCNC(c1ccc(C)s1)c1ccc(OC)cc1F. The van der Waals surface area contributed by atoms with Crippen molar-refractivity contribution in [3.05, 3.63) is 51.5 Å². The highest BCUT2D eigenvalue weighted by Gasteiger charge is 2.18. The van der Waals surface area contributed by atoms with Crippen LogP contribution in [-0.4, -0.2) is 13.7 Å². The van der Waals surface area contributed by atoms with E-state index < -0.39 is 0 Å². The van der Waals surface area contributed by atoms with Crippen LogP contribution in [0.2, 0.25) is 0 Å². The summed E-state index contributed by atoms with van der Waals surface area (Å²) in [5, 5.41) is 3.34. The zero-order chi connectivity index (χ0) is 13.8. The van der Waals surface area contributed by atoms with E-state index in [0.717, 1.165) is 11.4 Å². The number of ether oxygens (including phenoxy) is 1. The maximum Gasteiger partial charge on any atom is 0.132 e. The summed E-state index contributed by atoms with van der Waals surface area (Å²) in [6.45, 7) is 4.86. The Morgan fingerprint density at radius 2 is 2.11 bits per heavy atom. The number of hydrogen-bond donors (Lipinski definition) is 1. The van der Waals surface area contributed by atoms with Gasteiger partial charge in [0, 0.05) is 21.4 Å². The van der Waals surface area contributed by atoms with Crippen molar-refractivity contribution in [3.8, 4) is 5.75 Å². The van der Waals surface area contributed by atoms with Gasteiger partial charge in [-0.05, 0) is 31.7 Å². The highest BCUT2D eigenvalue weighted by molar-refractivity contribution is 7.12. The predicted octanol–water partition coefficient (Wildman–Crippen LogP) is 3.90.